The molecule has 2 amide bonds. The molecule has 0 saturated carbocycles. The number of amides is 2. The summed E-state index contributed by atoms with van der Waals surface area (Å²) in [6.07, 6.45) is 2.25. The minimum atomic E-state index is -0.447. The smallest absolute Gasteiger partial charge is 0.257 e. The molecule has 0 radical (unpaired) electrons. The summed E-state index contributed by atoms with van der Waals surface area (Å²) in [5, 5.41) is 5.89. The van der Waals surface area contributed by atoms with Crippen molar-refractivity contribution in [3.8, 4) is 0 Å². The minimum absolute atomic E-state index is 0.0947. The molecule has 0 spiro atoms. The summed E-state index contributed by atoms with van der Waals surface area (Å²) in [4.78, 5) is 48.8. The molecular formula is C21H20N4O3S2. The van der Waals surface area contributed by atoms with Gasteiger partial charge >= 0.3 is 0 Å². The Morgan fingerprint density at radius 3 is 2.80 bits per heavy atom. The number of hydrogen-bond donors (Lipinski definition) is 1. The molecule has 154 valence electrons. The molecule has 1 atom stereocenters. The van der Waals surface area contributed by atoms with E-state index >= 15 is 0 Å². The lowest BCUT2D eigenvalue weighted by Gasteiger charge is -2.24. The summed E-state index contributed by atoms with van der Waals surface area (Å²) >= 11 is 2.66. The van der Waals surface area contributed by atoms with Gasteiger partial charge in [0.2, 0.25) is 5.91 Å². The maximum absolute atomic E-state index is 12.8. The van der Waals surface area contributed by atoms with Gasteiger partial charge in [-0.15, -0.1) is 11.3 Å². The summed E-state index contributed by atoms with van der Waals surface area (Å²) in [7, 11) is 1.72. The van der Waals surface area contributed by atoms with Gasteiger partial charge in [0.05, 0.1) is 23.0 Å². The minimum Gasteiger partial charge on any atom is -0.339 e. The standard InChI is InChI=1S/C21H20N4O3S2/c1-12-5-3-4-6-14(12)19(27)24-21-23-15-9-13(10-16(26)18(15)30-21)20(28)25(2)11-17-22-7-8-29-17/h3-8,13H,9-11H2,1-2H3,(H,23,24,27). The molecule has 0 fully saturated rings. The molecule has 1 unspecified atom stereocenters. The van der Waals surface area contributed by atoms with Crippen molar-refractivity contribution in [3.63, 3.8) is 0 Å². The van der Waals surface area contributed by atoms with E-state index in [0.29, 0.717) is 34.2 Å². The predicted octanol–water partition coefficient (Wildman–Crippen LogP) is 3.56. The normalized spacial score (nSPS) is 15.5. The zero-order chi connectivity index (χ0) is 21.3. The van der Waals surface area contributed by atoms with Crippen molar-refractivity contribution in [3.05, 3.63) is 62.5 Å². The number of Topliss-reactive ketones (excluding diaryl/α,β-unsaturated/α-hetero) is 1. The number of carbonyl (C=O) groups excluding carboxylic acids is 3. The number of fused-ring (bicyclic) bond motifs is 1. The first-order valence-electron chi connectivity index (χ1n) is 9.45. The highest BCUT2D eigenvalue weighted by molar-refractivity contribution is 7.17. The van der Waals surface area contributed by atoms with E-state index < -0.39 is 5.92 Å². The second-order valence-corrected chi connectivity index (χ2v) is 9.19. The van der Waals surface area contributed by atoms with Gasteiger partial charge in [0.1, 0.15) is 5.01 Å². The van der Waals surface area contributed by atoms with Crippen LogP contribution >= 0.6 is 22.7 Å². The number of benzene rings is 1. The predicted molar refractivity (Wildman–Crippen MR) is 116 cm³/mol. The molecule has 0 aliphatic heterocycles. The van der Waals surface area contributed by atoms with Gasteiger partial charge in [-0.25, -0.2) is 9.97 Å². The van der Waals surface area contributed by atoms with E-state index in [2.05, 4.69) is 15.3 Å². The summed E-state index contributed by atoms with van der Waals surface area (Å²) in [6, 6.07) is 7.28. The number of anilines is 1. The zero-order valence-electron chi connectivity index (χ0n) is 16.5. The van der Waals surface area contributed by atoms with Crippen LogP contribution in [0.2, 0.25) is 0 Å². The largest absolute Gasteiger partial charge is 0.339 e. The number of hydrogen-bond acceptors (Lipinski definition) is 7. The van der Waals surface area contributed by atoms with E-state index in [4.69, 9.17) is 0 Å². The fourth-order valence-corrected chi connectivity index (χ4v) is 5.08. The van der Waals surface area contributed by atoms with Crippen molar-refractivity contribution in [2.45, 2.75) is 26.3 Å². The van der Waals surface area contributed by atoms with Gasteiger partial charge in [0.25, 0.3) is 5.91 Å². The number of aryl methyl sites for hydroxylation is 1. The van der Waals surface area contributed by atoms with Crippen LogP contribution in [0.1, 0.15) is 42.7 Å². The van der Waals surface area contributed by atoms with Gasteiger partial charge in [0.15, 0.2) is 10.9 Å². The Labute approximate surface area is 181 Å². The molecule has 9 heteroatoms. The monoisotopic (exact) mass is 440 g/mol. The first kappa shape index (κ1) is 20.4. The molecule has 4 rings (SSSR count). The highest BCUT2D eigenvalue weighted by Gasteiger charge is 2.34. The van der Waals surface area contributed by atoms with Crippen LogP contribution in [0.3, 0.4) is 0 Å². The third kappa shape index (κ3) is 4.17. The van der Waals surface area contributed by atoms with Crippen LogP contribution in [0.5, 0.6) is 0 Å². The average Bonchev–Trinajstić information content (AvgIpc) is 3.37. The van der Waals surface area contributed by atoms with Crippen molar-refractivity contribution in [2.24, 2.45) is 5.92 Å². The quantitative estimate of drug-likeness (QED) is 0.655. The molecule has 1 N–H and O–H groups in total. The number of carbonyl (C=O) groups is 3. The van der Waals surface area contributed by atoms with Crippen LogP contribution in [0, 0.1) is 12.8 Å². The molecule has 0 saturated heterocycles. The van der Waals surface area contributed by atoms with Crippen molar-refractivity contribution in [1.29, 1.82) is 0 Å². The van der Waals surface area contributed by atoms with E-state index in [9.17, 15) is 14.4 Å². The number of rotatable bonds is 5. The van der Waals surface area contributed by atoms with Crippen LogP contribution in [0.4, 0.5) is 5.13 Å². The van der Waals surface area contributed by atoms with Crippen molar-refractivity contribution in [1.82, 2.24) is 14.9 Å². The molecule has 1 aliphatic rings. The second kappa shape index (κ2) is 8.45. The molecule has 0 bridgehead atoms. The van der Waals surface area contributed by atoms with Gasteiger partial charge in [0, 0.05) is 37.0 Å². The Kier molecular flexibility index (Phi) is 5.74. The van der Waals surface area contributed by atoms with Crippen LogP contribution in [0.15, 0.2) is 35.8 Å². The molecule has 7 nitrogen and oxygen atoms in total. The van der Waals surface area contributed by atoms with Crippen LogP contribution in [0.25, 0.3) is 0 Å². The van der Waals surface area contributed by atoms with E-state index in [1.165, 1.54) is 22.7 Å². The Hall–Kier alpha value is -2.91. The molecule has 1 aliphatic carbocycles. The average molecular weight is 441 g/mol. The first-order valence-corrected chi connectivity index (χ1v) is 11.1. The fourth-order valence-electron chi connectivity index (χ4n) is 3.47. The van der Waals surface area contributed by atoms with E-state index in [1.54, 1.807) is 30.3 Å². The summed E-state index contributed by atoms with van der Waals surface area (Å²) in [5.41, 5.74) is 2.01. The lowest BCUT2D eigenvalue weighted by Crippen LogP contribution is -2.36. The van der Waals surface area contributed by atoms with Crippen molar-refractivity contribution >= 4 is 45.4 Å². The van der Waals surface area contributed by atoms with Crippen LogP contribution in [-0.2, 0) is 17.8 Å². The highest BCUT2D eigenvalue weighted by atomic mass is 32.1. The Balaban J connectivity index is 1.47. The second-order valence-electron chi connectivity index (χ2n) is 7.21. The van der Waals surface area contributed by atoms with E-state index in [0.717, 1.165) is 10.6 Å². The maximum Gasteiger partial charge on any atom is 0.257 e. The van der Waals surface area contributed by atoms with Gasteiger partial charge in [-0.2, -0.15) is 0 Å². The SMILES string of the molecule is Cc1ccccc1C(=O)Nc1nc2c(s1)C(=O)CC(C(=O)N(C)Cc1nccs1)C2. The Morgan fingerprint density at radius 1 is 1.27 bits per heavy atom. The van der Waals surface area contributed by atoms with Crippen molar-refractivity contribution < 1.29 is 14.4 Å². The molecule has 2 heterocycles. The number of aromatic nitrogens is 2. The topological polar surface area (TPSA) is 92.3 Å². The Bertz CT molecular complexity index is 1110. The van der Waals surface area contributed by atoms with E-state index in [1.807, 2.05) is 24.4 Å². The van der Waals surface area contributed by atoms with Crippen LogP contribution in [-0.4, -0.2) is 39.5 Å². The van der Waals surface area contributed by atoms with Crippen molar-refractivity contribution in [2.75, 3.05) is 12.4 Å². The molecule has 30 heavy (non-hydrogen) atoms. The molecule has 2 aromatic heterocycles. The fraction of sp³-hybridized carbons (Fsp3) is 0.286. The third-order valence-corrected chi connectivity index (χ3v) is 6.83. The highest BCUT2D eigenvalue weighted by Crippen LogP contribution is 2.33. The lowest BCUT2D eigenvalue weighted by molar-refractivity contribution is -0.134. The molecule has 1 aromatic carbocycles. The van der Waals surface area contributed by atoms with Gasteiger partial charge in [-0.05, 0) is 18.6 Å². The van der Waals surface area contributed by atoms with Crippen LogP contribution < -0.4 is 5.32 Å². The third-order valence-electron chi connectivity index (χ3n) is 5.01. The number of nitrogens with zero attached hydrogens (tertiary/aromatic N) is 3. The lowest BCUT2D eigenvalue weighted by atomic mass is 9.89. The number of nitrogens with one attached hydrogen (secondary N) is 1. The molecule has 3 aromatic rings. The van der Waals surface area contributed by atoms with Gasteiger partial charge in [-0.3, -0.25) is 19.7 Å². The summed E-state index contributed by atoms with van der Waals surface area (Å²) < 4.78 is 0. The number of thiazole rings is 2. The van der Waals surface area contributed by atoms with E-state index in [-0.39, 0.29) is 24.0 Å². The molecular weight excluding hydrogens is 420 g/mol. The summed E-state index contributed by atoms with van der Waals surface area (Å²) in [5.74, 6) is -0.909. The van der Waals surface area contributed by atoms with Gasteiger partial charge in [-0.1, -0.05) is 29.5 Å². The first-order chi connectivity index (χ1) is 14.4. The number of ketones is 1. The summed E-state index contributed by atoms with van der Waals surface area (Å²) in [6.45, 7) is 2.28. The maximum atomic E-state index is 12.8. The Morgan fingerprint density at radius 2 is 2.07 bits per heavy atom. The zero-order valence-corrected chi connectivity index (χ0v) is 18.2. The van der Waals surface area contributed by atoms with Gasteiger partial charge < -0.3 is 4.90 Å².